The number of aryl methyl sites for hydroxylation is 1. The molecule has 0 unspecified atom stereocenters. The minimum Gasteiger partial charge on any atom is -0.477 e. The highest BCUT2D eigenvalue weighted by Crippen LogP contribution is 2.38. The van der Waals surface area contributed by atoms with Gasteiger partial charge >= 0.3 is 5.69 Å². The van der Waals surface area contributed by atoms with Crippen molar-refractivity contribution in [1.29, 1.82) is 0 Å². The van der Waals surface area contributed by atoms with E-state index < -0.39 is 44.0 Å². The Labute approximate surface area is 175 Å². The highest BCUT2D eigenvalue weighted by Gasteiger charge is 2.25. The first-order valence-electron chi connectivity index (χ1n) is 8.76. The Bertz CT molecular complexity index is 1140. The van der Waals surface area contributed by atoms with Crippen LogP contribution in [-0.2, 0) is 27.7 Å². The number of anilines is 1. The lowest BCUT2D eigenvalue weighted by molar-refractivity contribution is -0.386. The van der Waals surface area contributed by atoms with E-state index in [0.717, 1.165) is 47.9 Å². The number of fused-ring (bicyclic) bond motifs is 1. The highest BCUT2D eigenvalue weighted by atomic mass is 32.2. The molecule has 11 nitrogen and oxygen atoms in total. The monoisotopic (exact) mass is 454 g/mol. The first-order chi connectivity index (χ1) is 14.1. The van der Waals surface area contributed by atoms with Crippen LogP contribution in [0.1, 0.15) is 33.6 Å². The molecule has 30 heavy (non-hydrogen) atoms. The number of hydrogen-bond donors (Lipinski definition) is 3. The molecule has 5 N–H and O–H groups in total. The maximum absolute atomic E-state index is 12.3. The van der Waals surface area contributed by atoms with Crippen LogP contribution in [0.5, 0.6) is 5.75 Å². The molecule has 0 fully saturated rings. The summed E-state index contributed by atoms with van der Waals surface area (Å²) in [6.07, 6.45) is 3.42. The van der Waals surface area contributed by atoms with Gasteiger partial charge in [-0.05, 0) is 43.4 Å². The first-order valence-corrected chi connectivity index (χ1v) is 11.1. The summed E-state index contributed by atoms with van der Waals surface area (Å²) in [5, 5.41) is 19.1. The molecule has 0 bridgehead atoms. The van der Waals surface area contributed by atoms with Crippen LogP contribution >= 0.6 is 11.3 Å². The molecule has 0 spiro atoms. The van der Waals surface area contributed by atoms with E-state index in [2.05, 4.69) is 5.32 Å². The van der Waals surface area contributed by atoms with Gasteiger partial charge in [0.1, 0.15) is 5.00 Å². The van der Waals surface area contributed by atoms with E-state index in [4.69, 9.17) is 15.6 Å². The number of thiophene rings is 1. The third-order valence-electron chi connectivity index (χ3n) is 4.49. The number of nitrogens with one attached hydrogen (secondary N) is 1. The maximum atomic E-state index is 12.3. The molecule has 1 aromatic heterocycles. The number of nitro benzene ring substituents is 1. The summed E-state index contributed by atoms with van der Waals surface area (Å²) in [4.78, 5) is 35.1. The van der Waals surface area contributed by atoms with E-state index in [1.54, 1.807) is 0 Å². The summed E-state index contributed by atoms with van der Waals surface area (Å²) in [5.74, 6) is -1.59. The largest absolute Gasteiger partial charge is 0.477 e. The molecule has 0 atom stereocenters. The van der Waals surface area contributed by atoms with Crippen LogP contribution in [0.15, 0.2) is 23.1 Å². The van der Waals surface area contributed by atoms with Gasteiger partial charge in [0.2, 0.25) is 10.0 Å². The Morgan fingerprint density at radius 3 is 2.60 bits per heavy atom. The van der Waals surface area contributed by atoms with E-state index in [-0.39, 0.29) is 11.3 Å². The fourth-order valence-corrected chi connectivity index (χ4v) is 5.00. The number of rotatable bonds is 7. The Morgan fingerprint density at radius 2 is 1.97 bits per heavy atom. The third kappa shape index (κ3) is 4.58. The summed E-state index contributed by atoms with van der Waals surface area (Å²) in [6, 6.07) is 2.83. The number of carbonyl (C=O) groups is 2. The number of nitro groups is 1. The molecule has 160 valence electrons. The van der Waals surface area contributed by atoms with Crippen molar-refractivity contribution in [2.45, 2.75) is 30.6 Å². The van der Waals surface area contributed by atoms with Gasteiger partial charge in [0.15, 0.2) is 12.4 Å². The van der Waals surface area contributed by atoms with Crippen molar-refractivity contribution in [3.05, 3.63) is 44.3 Å². The predicted molar refractivity (Wildman–Crippen MR) is 108 cm³/mol. The van der Waals surface area contributed by atoms with Crippen molar-refractivity contribution in [2.75, 3.05) is 11.9 Å². The number of benzene rings is 1. The lowest BCUT2D eigenvalue weighted by Gasteiger charge is -2.11. The summed E-state index contributed by atoms with van der Waals surface area (Å²) in [6.45, 7) is -0.601. The number of primary amides is 1. The van der Waals surface area contributed by atoms with Crippen LogP contribution in [0.2, 0.25) is 0 Å². The zero-order valence-electron chi connectivity index (χ0n) is 15.5. The number of amides is 2. The van der Waals surface area contributed by atoms with Gasteiger partial charge in [-0.1, -0.05) is 0 Å². The highest BCUT2D eigenvalue weighted by molar-refractivity contribution is 7.89. The molecular formula is C17H18N4O7S2. The van der Waals surface area contributed by atoms with Crippen LogP contribution in [0.4, 0.5) is 10.7 Å². The summed E-state index contributed by atoms with van der Waals surface area (Å²) in [7, 11) is -4.14. The molecule has 0 radical (unpaired) electrons. The summed E-state index contributed by atoms with van der Waals surface area (Å²) in [5.41, 5.74) is 5.96. The van der Waals surface area contributed by atoms with E-state index in [9.17, 15) is 28.1 Å². The van der Waals surface area contributed by atoms with Gasteiger partial charge in [0.25, 0.3) is 11.8 Å². The molecule has 3 rings (SSSR count). The van der Waals surface area contributed by atoms with Gasteiger partial charge < -0.3 is 15.8 Å². The predicted octanol–water partition coefficient (Wildman–Crippen LogP) is 1.30. The molecule has 13 heteroatoms. The van der Waals surface area contributed by atoms with Gasteiger partial charge in [-0.15, -0.1) is 11.3 Å². The van der Waals surface area contributed by atoms with Crippen LogP contribution in [-0.4, -0.2) is 31.8 Å². The van der Waals surface area contributed by atoms with Crippen molar-refractivity contribution in [1.82, 2.24) is 0 Å². The first kappa shape index (κ1) is 21.7. The molecule has 1 aromatic carbocycles. The average Bonchev–Trinajstić information content (AvgIpc) is 3.03. The molecular weight excluding hydrogens is 436 g/mol. The Balaban J connectivity index is 1.76. The summed E-state index contributed by atoms with van der Waals surface area (Å²) >= 11 is 1.28. The molecule has 2 aromatic rings. The standard InChI is InChI=1S/C17H18N4O7S2/c18-16(23)15-10-3-1-2-4-13(10)29-17(15)20-14(22)8-28-12-6-5-9(30(19,26)27)7-11(12)21(24)25/h5-7H,1-4,8H2,(H2,18,23)(H,20,22)(H2,19,26,27). The lowest BCUT2D eigenvalue weighted by atomic mass is 9.95. The van der Waals surface area contributed by atoms with Crippen molar-refractivity contribution < 1.29 is 27.7 Å². The zero-order valence-corrected chi connectivity index (χ0v) is 17.2. The van der Waals surface area contributed by atoms with Gasteiger partial charge in [0.05, 0.1) is 15.4 Å². The Hall–Kier alpha value is -3.03. The van der Waals surface area contributed by atoms with Crippen LogP contribution in [0.25, 0.3) is 0 Å². The summed E-state index contributed by atoms with van der Waals surface area (Å²) < 4.78 is 27.9. The van der Waals surface area contributed by atoms with Gasteiger partial charge in [0, 0.05) is 10.9 Å². The van der Waals surface area contributed by atoms with Crippen molar-refractivity contribution >= 4 is 43.9 Å². The molecule has 0 saturated heterocycles. The molecule has 0 aliphatic heterocycles. The van der Waals surface area contributed by atoms with Crippen LogP contribution < -0.4 is 20.9 Å². The molecule has 2 amide bonds. The molecule has 1 heterocycles. The SMILES string of the molecule is NC(=O)c1c(NC(=O)COc2ccc(S(N)(=O)=O)cc2[N+](=O)[O-])sc2c1CCCC2. The number of nitrogens with zero attached hydrogens (tertiary/aromatic N) is 1. The number of primary sulfonamides is 1. The zero-order chi connectivity index (χ0) is 22.1. The molecule has 1 aliphatic carbocycles. The Morgan fingerprint density at radius 1 is 1.27 bits per heavy atom. The number of sulfonamides is 1. The van der Waals surface area contributed by atoms with Crippen LogP contribution in [0.3, 0.4) is 0 Å². The second kappa shape index (κ2) is 8.38. The van der Waals surface area contributed by atoms with Crippen molar-refractivity contribution in [3.63, 3.8) is 0 Å². The average molecular weight is 454 g/mol. The molecule has 1 aliphatic rings. The van der Waals surface area contributed by atoms with Gasteiger partial charge in [-0.3, -0.25) is 19.7 Å². The minimum absolute atomic E-state index is 0.284. The number of hydrogen-bond acceptors (Lipinski definition) is 8. The van der Waals surface area contributed by atoms with E-state index in [1.165, 1.54) is 11.3 Å². The van der Waals surface area contributed by atoms with Gasteiger partial charge in [-0.25, -0.2) is 13.6 Å². The van der Waals surface area contributed by atoms with Crippen molar-refractivity contribution in [2.24, 2.45) is 10.9 Å². The third-order valence-corrected chi connectivity index (χ3v) is 6.60. The van der Waals surface area contributed by atoms with E-state index in [1.807, 2.05) is 0 Å². The Kier molecular flexibility index (Phi) is 6.05. The second-order valence-electron chi connectivity index (χ2n) is 6.55. The topological polar surface area (TPSA) is 185 Å². The normalized spacial score (nSPS) is 13.4. The van der Waals surface area contributed by atoms with Gasteiger partial charge in [-0.2, -0.15) is 0 Å². The number of ether oxygens (including phenoxy) is 1. The number of carbonyl (C=O) groups excluding carboxylic acids is 2. The van der Waals surface area contributed by atoms with Crippen LogP contribution in [0, 0.1) is 10.1 Å². The molecule has 0 saturated carbocycles. The van der Waals surface area contributed by atoms with Crippen molar-refractivity contribution in [3.8, 4) is 5.75 Å². The van der Waals surface area contributed by atoms with E-state index >= 15 is 0 Å². The fourth-order valence-electron chi connectivity index (χ4n) is 3.16. The minimum atomic E-state index is -4.14. The van der Waals surface area contributed by atoms with E-state index in [0.29, 0.717) is 11.4 Å². The maximum Gasteiger partial charge on any atom is 0.312 e. The quantitative estimate of drug-likeness (QED) is 0.415. The fraction of sp³-hybridized carbons (Fsp3) is 0.294. The second-order valence-corrected chi connectivity index (χ2v) is 9.21. The smallest absolute Gasteiger partial charge is 0.312 e. The lowest BCUT2D eigenvalue weighted by Crippen LogP contribution is -2.22. The number of nitrogens with two attached hydrogens (primary N) is 2.